The van der Waals surface area contributed by atoms with E-state index < -0.39 is 5.97 Å². The van der Waals surface area contributed by atoms with Crippen molar-refractivity contribution in [2.24, 2.45) is 17.8 Å². The van der Waals surface area contributed by atoms with E-state index in [0.717, 1.165) is 0 Å². The molecule has 0 unspecified atom stereocenters. The minimum atomic E-state index is -0.645. The van der Waals surface area contributed by atoms with Gasteiger partial charge in [-0.3, -0.25) is 4.79 Å². The van der Waals surface area contributed by atoms with Gasteiger partial charge in [0.25, 0.3) is 0 Å². The summed E-state index contributed by atoms with van der Waals surface area (Å²) in [6.45, 7) is 1.34. The molecule has 0 bridgehead atoms. The van der Waals surface area contributed by atoms with Crippen LogP contribution in [-0.4, -0.2) is 24.3 Å². The van der Waals surface area contributed by atoms with Gasteiger partial charge in [-0.05, 0) is 0 Å². The average molecular weight is 128 g/mol. The molecule has 1 saturated heterocycles. The van der Waals surface area contributed by atoms with Crippen LogP contribution in [0.15, 0.2) is 0 Å². The highest BCUT2D eigenvalue weighted by Crippen LogP contribution is 2.50. The molecule has 0 radical (unpaired) electrons. The van der Waals surface area contributed by atoms with Gasteiger partial charge in [0.15, 0.2) is 0 Å². The lowest BCUT2D eigenvalue weighted by Gasteiger charge is -1.96. The Labute approximate surface area is 52.6 Å². The summed E-state index contributed by atoms with van der Waals surface area (Å²) in [5.41, 5.74) is 0. The van der Waals surface area contributed by atoms with Crippen LogP contribution in [0, 0.1) is 17.8 Å². The van der Waals surface area contributed by atoms with Gasteiger partial charge in [0.2, 0.25) is 0 Å². The van der Waals surface area contributed by atoms with Crippen LogP contribution >= 0.6 is 0 Å². The van der Waals surface area contributed by atoms with E-state index >= 15 is 0 Å². The van der Waals surface area contributed by atoms with Crippen LogP contribution in [-0.2, 0) is 9.53 Å². The van der Waals surface area contributed by atoms with Crippen molar-refractivity contribution in [3.63, 3.8) is 0 Å². The zero-order chi connectivity index (χ0) is 6.43. The number of fused-ring (bicyclic) bond motifs is 1. The van der Waals surface area contributed by atoms with Crippen LogP contribution < -0.4 is 0 Å². The standard InChI is InChI=1S/C6H8O3/c7-6(8)5-3-1-9-2-4(3)5/h3-5H,1-2H2,(H,7,8)/t3-,4-/m0/s1. The fraction of sp³-hybridized carbons (Fsp3) is 0.833. The fourth-order valence-corrected chi connectivity index (χ4v) is 1.61. The molecule has 0 aromatic heterocycles. The SMILES string of the molecule is O=C(O)C1[C@H]2COC[C@H]12. The molecule has 9 heavy (non-hydrogen) atoms. The molecule has 1 aliphatic carbocycles. The first-order valence-electron chi connectivity index (χ1n) is 3.11. The van der Waals surface area contributed by atoms with Crippen molar-refractivity contribution >= 4 is 5.97 Å². The molecule has 1 saturated carbocycles. The minimum absolute atomic E-state index is 0.0706. The summed E-state index contributed by atoms with van der Waals surface area (Å²) in [5, 5.41) is 8.50. The number of rotatable bonds is 1. The maximum atomic E-state index is 10.3. The summed E-state index contributed by atoms with van der Waals surface area (Å²) in [7, 11) is 0. The lowest BCUT2D eigenvalue weighted by atomic mass is 10.3. The molecule has 2 fully saturated rings. The van der Waals surface area contributed by atoms with Crippen molar-refractivity contribution in [2.45, 2.75) is 0 Å². The van der Waals surface area contributed by atoms with E-state index in [4.69, 9.17) is 9.84 Å². The molecule has 2 aliphatic rings. The number of hydrogen-bond acceptors (Lipinski definition) is 2. The van der Waals surface area contributed by atoms with Gasteiger partial charge in [0.05, 0.1) is 19.1 Å². The van der Waals surface area contributed by atoms with Gasteiger partial charge in [0.1, 0.15) is 0 Å². The lowest BCUT2D eigenvalue weighted by Crippen LogP contribution is -2.07. The Bertz CT molecular complexity index is 144. The molecule has 0 aromatic carbocycles. The van der Waals surface area contributed by atoms with Crippen LogP contribution in [0.3, 0.4) is 0 Å². The summed E-state index contributed by atoms with van der Waals surface area (Å²) in [5.74, 6) is -0.0166. The minimum Gasteiger partial charge on any atom is -0.481 e. The Morgan fingerprint density at radius 1 is 1.44 bits per heavy atom. The van der Waals surface area contributed by atoms with Crippen molar-refractivity contribution in [2.75, 3.05) is 13.2 Å². The van der Waals surface area contributed by atoms with Gasteiger partial charge in [0, 0.05) is 11.8 Å². The number of carbonyl (C=O) groups is 1. The molecule has 2 atom stereocenters. The van der Waals surface area contributed by atoms with E-state index in [1.165, 1.54) is 0 Å². The summed E-state index contributed by atoms with van der Waals surface area (Å²) in [6.07, 6.45) is 0. The summed E-state index contributed by atoms with van der Waals surface area (Å²) in [6, 6.07) is 0. The van der Waals surface area contributed by atoms with Crippen molar-refractivity contribution in [1.82, 2.24) is 0 Å². The second-order valence-electron chi connectivity index (χ2n) is 2.73. The first kappa shape index (κ1) is 5.23. The number of carboxylic acid groups (broad SMARTS) is 1. The molecule has 3 heteroatoms. The van der Waals surface area contributed by atoms with Crippen molar-refractivity contribution in [1.29, 1.82) is 0 Å². The number of carboxylic acids is 1. The van der Waals surface area contributed by atoms with Crippen LogP contribution in [0.25, 0.3) is 0 Å². The van der Waals surface area contributed by atoms with Crippen LogP contribution in [0.2, 0.25) is 0 Å². The largest absolute Gasteiger partial charge is 0.481 e. The number of hydrogen-bond donors (Lipinski definition) is 1. The third-order valence-corrected chi connectivity index (χ3v) is 2.24. The van der Waals surface area contributed by atoms with E-state index in [1.807, 2.05) is 0 Å². The molecule has 2 rings (SSSR count). The Morgan fingerprint density at radius 2 is 2.00 bits per heavy atom. The van der Waals surface area contributed by atoms with E-state index in [1.54, 1.807) is 0 Å². The highest BCUT2D eigenvalue weighted by molar-refractivity contribution is 5.74. The summed E-state index contributed by atoms with van der Waals surface area (Å²) in [4.78, 5) is 10.3. The van der Waals surface area contributed by atoms with Gasteiger partial charge >= 0.3 is 5.97 Å². The van der Waals surface area contributed by atoms with E-state index in [9.17, 15) is 4.79 Å². The van der Waals surface area contributed by atoms with Crippen LogP contribution in [0.5, 0.6) is 0 Å². The monoisotopic (exact) mass is 128 g/mol. The maximum absolute atomic E-state index is 10.3. The molecule has 0 amide bonds. The van der Waals surface area contributed by atoms with Crippen molar-refractivity contribution < 1.29 is 14.6 Å². The highest BCUT2D eigenvalue weighted by Gasteiger charge is 2.58. The Hall–Kier alpha value is -0.570. The Morgan fingerprint density at radius 3 is 2.33 bits per heavy atom. The molecule has 0 spiro atoms. The molecule has 1 N–H and O–H groups in total. The summed E-state index contributed by atoms with van der Waals surface area (Å²) >= 11 is 0. The van der Waals surface area contributed by atoms with E-state index in [0.29, 0.717) is 25.0 Å². The number of ether oxygens (including phenoxy) is 1. The topological polar surface area (TPSA) is 46.5 Å². The first-order valence-corrected chi connectivity index (χ1v) is 3.11. The predicted octanol–water partition coefficient (Wildman–Crippen LogP) is -0.0366. The van der Waals surface area contributed by atoms with Crippen LogP contribution in [0.4, 0.5) is 0 Å². The molecule has 3 nitrogen and oxygen atoms in total. The molecular weight excluding hydrogens is 120 g/mol. The van der Waals surface area contributed by atoms with Gasteiger partial charge < -0.3 is 9.84 Å². The molecule has 1 aliphatic heterocycles. The predicted molar refractivity (Wildman–Crippen MR) is 28.9 cm³/mol. The second-order valence-corrected chi connectivity index (χ2v) is 2.73. The third-order valence-electron chi connectivity index (χ3n) is 2.24. The highest BCUT2D eigenvalue weighted by atomic mass is 16.5. The first-order chi connectivity index (χ1) is 4.30. The Balaban J connectivity index is 2.02. The molecule has 50 valence electrons. The number of aliphatic carboxylic acids is 1. The summed E-state index contributed by atoms with van der Waals surface area (Å²) < 4.78 is 5.02. The second kappa shape index (κ2) is 1.48. The van der Waals surface area contributed by atoms with Crippen molar-refractivity contribution in [3.05, 3.63) is 0 Å². The molecule has 0 aromatic rings. The third kappa shape index (κ3) is 0.580. The van der Waals surface area contributed by atoms with E-state index in [2.05, 4.69) is 0 Å². The van der Waals surface area contributed by atoms with Gasteiger partial charge in [-0.2, -0.15) is 0 Å². The van der Waals surface area contributed by atoms with E-state index in [-0.39, 0.29) is 5.92 Å². The van der Waals surface area contributed by atoms with Gasteiger partial charge in [-0.1, -0.05) is 0 Å². The average Bonchev–Trinajstić information content (AvgIpc) is 2.30. The zero-order valence-corrected chi connectivity index (χ0v) is 4.91. The molecule has 1 heterocycles. The maximum Gasteiger partial charge on any atom is 0.307 e. The van der Waals surface area contributed by atoms with Gasteiger partial charge in [-0.25, -0.2) is 0 Å². The van der Waals surface area contributed by atoms with Crippen LogP contribution in [0.1, 0.15) is 0 Å². The lowest BCUT2D eigenvalue weighted by molar-refractivity contribution is -0.140. The Kier molecular flexibility index (Phi) is 0.858. The smallest absolute Gasteiger partial charge is 0.307 e. The zero-order valence-electron chi connectivity index (χ0n) is 4.91. The van der Waals surface area contributed by atoms with Gasteiger partial charge in [-0.15, -0.1) is 0 Å². The molecular formula is C6H8O3. The fourth-order valence-electron chi connectivity index (χ4n) is 1.61. The quantitative estimate of drug-likeness (QED) is 0.539. The van der Waals surface area contributed by atoms with Crippen molar-refractivity contribution in [3.8, 4) is 0 Å². The normalized spacial score (nSPS) is 46.4.